The van der Waals surface area contributed by atoms with Gasteiger partial charge < -0.3 is 11.1 Å². The molecule has 1 amide bonds. The molecule has 6 nitrogen and oxygen atoms in total. The Labute approximate surface area is 93.8 Å². The molecule has 0 aromatic carbocycles. The lowest BCUT2D eigenvalue weighted by molar-refractivity contribution is -0.113. The number of amides is 1. The zero-order valence-electron chi connectivity index (χ0n) is 8.80. The van der Waals surface area contributed by atoms with Crippen molar-refractivity contribution < 1.29 is 13.2 Å². The lowest BCUT2D eigenvalue weighted by atomic mass is 10.3. The molecule has 0 aliphatic rings. The summed E-state index contributed by atoms with van der Waals surface area (Å²) in [7, 11) is -3.32. The van der Waals surface area contributed by atoms with Gasteiger partial charge in [-0.05, 0) is 11.6 Å². The van der Waals surface area contributed by atoms with Crippen molar-refractivity contribution in [3.63, 3.8) is 0 Å². The minimum atomic E-state index is -3.32. The molecule has 0 saturated carbocycles. The fourth-order valence-electron chi connectivity index (χ4n) is 1.04. The molecule has 0 saturated heterocycles. The van der Waals surface area contributed by atoms with E-state index in [0.717, 1.165) is 11.8 Å². The van der Waals surface area contributed by atoms with E-state index in [-0.39, 0.29) is 0 Å². The van der Waals surface area contributed by atoms with Gasteiger partial charge in [-0.1, -0.05) is 6.07 Å². The summed E-state index contributed by atoms with van der Waals surface area (Å²) in [5, 5.41) is 2.38. The molecule has 7 heteroatoms. The summed E-state index contributed by atoms with van der Waals surface area (Å²) >= 11 is 0. The number of nitrogens with zero attached hydrogens (tertiary/aromatic N) is 1. The number of hydrogen-bond donors (Lipinski definition) is 2. The number of carbonyl (C=O) groups is 1. The molecule has 1 aromatic heterocycles. The van der Waals surface area contributed by atoms with E-state index in [1.165, 1.54) is 6.20 Å². The number of nitrogens with two attached hydrogens (primary N) is 1. The molecule has 88 valence electrons. The fourth-order valence-corrected chi connectivity index (χ4v) is 1.58. The summed E-state index contributed by atoms with van der Waals surface area (Å²) in [6.45, 7) is 0.366. The summed E-state index contributed by atoms with van der Waals surface area (Å²) in [6.07, 6.45) is 2.52. The Morgan fingerprint density at radius 1 is 1.50 bits per heavy atom. The molecule has 1 rings (SSSR count). The van der Waals surface area contributed by atoms with E-state index in [9.17, 15) is 13.2 Å². The predicted octanol–water partition coefficient (Wildman–Crippen LogP) is -0.477. The second-order valence-electron chi connectivity index (χ2n) is 3.37. The highest BCUT2D eigenvalue weighted by atomic mass is 32.2. The smallest absolute Gasteiger partial charge is 0.240 e. The molecule has 0 aliphatic carbocycles. The Kier molecular flexibility index (Phi) is 3.97. The van der Waals surface area contributed by atoms with Gasteiger partial charge in [0.15, 0.2) is 9.84 Å². The first-order chi connectivity index (χ1) is 7.40. The van der Waals surface area contributed by atoms with Gasteiger partial charge in [0, 0.05) is 19.0 Å². The third-order valence-corrected chi connectivity index (χ3v) is 2.51. The molecule has 0 atom stereocenters. The van der Waals surface area contributed by atoms with Gasteiger partial charge in [0.2, 0.25) is 5.91 Å². The highest BCUT2D eigenvalue weighted by molar-refractivity contribution is 7.91. The number of nitrogens with one attached hydrogen (secondary N) is 1. The van der Waals surface area contributed by atoms with Gasteiger partial charge in [0.1, 0.15) is 11.6 Å². The molecule has 1 aromatic rings. The van der Waals surface area contributed by atoms with Gasteiger partial charge in [0.05, 0.1) is 0 Å². The Balaban J connectivity index is 2.63. The summed E-state index contributed by atoms with van der Waals surface area (Å²) in [6, 6.07) is 3.28. The Bertz CT molecular complexity index is 467. The van der Waals surface area contributed by atoms with Crippen molar-refractivity contribution in [3.8, 4) is 0 Å². The van der Waals surface area contributed by atoms with E-state index in [2.05, 4.69) is 10.3 Å². The van der Waals surface area contributed by atoms with E-state index in [1.54, 1.807) is 12.1 Å². The van der Waals surface area contributed by atoms with Crippen LogP contribution in [0.3, 0.4) is 0 Å². The van der Waals surface area contributed by atoms with Gasteiger partial charge in [-0.2, -0.15) is 0 Å². The standard InChI is InChI=1S/C9H13N3O3S/c1-16(14,15)6-9(13)12-8-3-2-7(4-10)5-11-8/h2-3,5H,4,6,10H2,1H3,(H,11,12,13). The quantitative estimate of drug-likeness (QED) is 0.743. The number of rotatable bonds is 4. The van der Waals surface area contributed by atoms with Crippen LogP contribution in [0.2, 0.25) is 0 Å². The molecule has 0 aliphatic heterocycles. The topological polar surface area (TPSA) is 102 Å². The second-order valence-corrected chi connectivity index (χ2v) is 5.51. The Hall–Kier alpha value is -1.47. The van der Waals surface area contributed by atoms with Crippen LogP contribution in [-0.4, -0.2) is 31.3 Å². The average molecular weight is 243 g/mol. The predicted molar refractivity (Wildman–Crippen MR) is 60.5 cm³/mol. The van der Waals surface area contributed by atoms with E-state index >= 15 is 0 Å². The summed E-state index contributed by atoms with van der Waals surface area (Å²) < 4.78 is 21.7. The van der Waals surface area contributed by atoms with Gasteiger partial charge in [-0.15, -0.1) is 0 Å². The fraction of sp³-hybridized carbons (Fsp3) is 0.333. The number of hydrogen-bond acceptors (Lipinski definition) is 5. The summed E-state index contributed by atoms with van der Waals surface area (Å²) in [4.78, 5) is 15.1. The number of aromatic nitrogens is 1. The van der Waals surface area contributed by atoms with E-state index in [1.807, 2.05) is 0 Å². The highest BCUT2D eigenvalue weighted by Crippen LogP contribution is 2.04. The SMILES string of the molecule is CS(=O)(=O)CC(=O)Nc1ccc(CN)cn1. The van der Waals surface area contributed by atoms with Crippen molar-refractivity contribution in [2.24, 2.45) is 5.73 Å². The molecule has 0 bridgehead atoms. The third kappa shape index (κ3) is 4.37. The molecule has 0 radical (unpaired) electrons. The maximum atomic E-state index is 11.2. The second kappa shape index (κ2) is 5.04. The van der Waals surface area contributed by atoms with Gasteiger partial charge in [-0.3, -0.25) is 4.79 Å². The first-order valence-electron chi connectivity index (χ1n) is 4.53. The van der Waals surface area contributed by atoms with Crippen LogP contribution in [0.4, 0.5) is 5.82 Å². The molecule has 0 spiro atoms. The van der Waals surface area contributed by atoms with Crippen LogP contribution in [0.25, 0.3) is 0 Å². The van der Waals surface area contributed by atoms with Crippen LogP contribution in [0, 0.1) is 0 Å². The molecular formula is C9H13N3O3S. The van der Waals surface area contributed by atoms with E-state index in [4.69, 9.17) is 5.73 Å². The van der Waals surface area contributed by atoms with E-state index in [0.29, 0.717) is 12.4 Å². The summed E-state index contributed by atoms with van der Waals surface area (Å²) in [5.74, 6) is -0.839. The first kappa shape index (κ1) is 12.6. The lowest BCUT2D eigenvalue weighted by Gasteiger charge is -2.03. The average Bonchev–Trinajstić information content (AvgIpc) is 2.16. The largest absolute Gasteiger partial charge is 0.326 e. The zero-order valence-corrected chi connectivity index (χ0v) is 9.62. The van der Waals surface area contributed by atoms with Crippen molar-refractivity contribution in [1.82, 2.24) is 4.98 Å². The zero-order chi connectivity index (χ0) is 12.2. The molecule has 1 heterocycles. The van der Waals surface area contributed by atoms with Crippen LogP contribution in [0.15, 0.2) is 18.3 Å². The van der Waals surface area contributed by atoms with Crippen molar-refractivity contribution in [3.05, 3.63) is 23.9 Å². The van der Waals surface area contributed by atoms with E-state index < -0.39 is 21.5 Å². The van der Waals surface area contributed by atoms with Crippen LogP contribution in [0.5, 0.6) is 0 Å². The van der Waals surface area contributed by atoms with Crippen LogP contribution >= 0.6 is 0 Å². The maximum absolute atomic E-state index is 11.2. The van der Waals surface area contributed by atoms with Crippen molar-refractivity contribution in [2.45, 2.75) is 6.54 Å². The van der Waals surface area contributed by atoms with Crippen molar-refractivity contribution >= 4 is 21.6 Å². The number of carbonyl (C=O) groups excluding carboxylic acids is 1. The highest BCUT2D eigenvalue weighted by Gasteiger charge is 2.11. The monoisotopic (exact) mass is 243 g/mol. The van der Waals surface area contributed by atoms with Gasteiger partial charge >= 0.3 is 0 Å². The Morgan fingerprint density at radius 3 is 2.62 bits per heavy atom. The van der Waals surface area contributed by atoms with Gasteiger partial charge in [-0.25, -0.2) is 13.4 Å². The molecule has 0 fully saturated rings. The van der Waals surface area contributed by atoms with Crippen molar-refractivity contribution in [1.29, 1.82) is 0 Å². The van der Waals surface area contributed by atoms with Crippen molar-refractivity contribution in [2.75, 3.05) is 17.3 Å². The molecule has 0 unspecified atom stereocenters. The normalized spacial score (nSPS) is 11.1. The van der Waals surface area contributed by atoms with Gasteiger partial charge in [0.25, 0.3) is 0 Å². The number of anilines is 1. The van der Waals surface area contributed by atoms with Crippen LogP contribution < -0.4 is 11.1 Å². The summed E-state index contributed by atoms with van der Waals surface area (Å²) in [5.41, 5.74) is 6.21. The minimum Gasteiger partial charge on any atom is -0.326 e. The molecular weight excluding hydrogens is 230 g/mol. The first-order valence-corrected chi connectivity index (χ1v) is 6.59. The maximum Gasteiger partial charge on any atom is 0.240 e. The molecule has 3 N–H and O–H groups in total. The van der Waals surface area contributed by atoms with Crippen LogP contribution in [0.1, 0.15) is 5.56 Å². The Morgan fingerprint density at radius 2 is 2.19 bits per heavy atom. The minimum absolute atomic E-state index is 0.311. The molecule has 16 heavy (non-hydrogen) atoms. The number of pyridine rings is 1. The lowest BCUT2D eigenvalue weighted by Crippen LogP contribution is -2.22. The third-order valence-electron chi connectivity index (χ3n) is 1.72. The number of sulfone groups is 1. The van der Waals surface area contributed by atoms with Crippen LogP contribution in [-0.2, 0) is 21.2 Å².